The molecule has 1 atom stereocenters. The summed E-state index contributed by atoms with van der Waals surface area (Å²) in [4.78, 5) is 11.5. The molecule has 3 aromatic rings. The molecule has 176 valence electrons. The van der Waals surface area contributed by atoms with E-state index in [0.29, 0.717) is 29.4 Å². The number of methoxy groups -OCH3 is 3. The highest BCUT2D eigenvalue weighted by molar-refractivity contribution is 5.79. The van der Waals surface area contributed by atoms with Crippen molar-refractivity contribution in [1.29, 1.82) is 0 Å². The van der Waals surface area contributed by atoms with Gasteiger partial charge in [-0.1, -0.05) is 0 Å². The second-order valence-corrected chi connectivity index (χ2v) is 8.66. The minimum absolute atomic E-state index is 0.0990. The molecular formula is C26H30O7. The van der Waals surface area contributed by atoms with Crippen molar-refractivity contribution >= 4 is 11.0 Å². The molecule has 0 saturated carbocycles. The number of ether oxygens (including phenoxy) is 5. The molecule has 0 saturated heterocycles. The van der Waals surface area contributed by atoms with Gasteiger partial charge in [0.2, 0.25) is 5.75 Å². The van der Waals surface area contributed by atoms with Crippen LogP contribution in [0.15, 0.2) is 45.6 Å². The molecule has 2 heterocycles. The molecule has 0 spiro atoms. The van der Waals surface area contributed by atoms with Crippen LogP contribution in [0, 0.1) is 0 Å². The fourth-order valence-electron chi connectivity index (χ4n) is 4.23. The van der Waals surface area contributed by atoms with Crippen LogP contribution in [-0.2, 0) is 17.6 Å². The number of aryl methyl sites for hydroxylation is 1. The molecule has 0 aliphatic carbocycles. The summed E-state index contributed by atoms with van der Waals surface area (Å²) in [6.45, 7) is 4.63. The first kappa shape index (κ1) is 23.0. The Morgan fingerprint density at radius 3 is 2.39 bits per heavy atom. The summed E-state index contributed by atoms with van der Waals surface area (Å²) in [5.41, 5.74) is 1.78. The molecule has 0 unspecified atom stereocenters. The molecule has 1 aromatic heterocycles. The van der Waals surface area contributed by atoms with Crippen molar-refractivity contribution in [1.82, 2.24) is 0 Å². The van der Waals surface area contributed by atoms with Gasteiger partial charge in [0.05, 0.1) is 21.3 Å². The van der Waals surface area contributed by atoms with Gasteiger partial charge in [-0.25, -0.2) is 4.79 Å². The minimum Gasteiger partial charge on any atom is -0.493 e. The lowest BCUT2D eigenvalue weighted by molar-refractivity contribution is -0.0839. The molecule has 33 heavy (non-hydrogen) atoms. The fourth-order valence-corrected chi connectivity index (χ4v) is 4.23. The van der Waals surface area contributed by atoms with Gasteiger partial charge >= 0.3 is 5.63 Å². The van der Waals surface area contributed by atoms with Crippen molar-refractivity contribution in [3.63, 3.8) is 0 Å². The van der Waals surface area contributed by atoms with E-state index in [2.05, 4.69) is 0 Å². The van der Waals surface area contributed by atoms with Gasteiger partial charge in [-0.15, -0.1) is 0 Å². The fraction of sp³-hybridized carbons (Fsp3) is 0.423. The van der Waals surface area contributed by atoms with Crippen LogP contribution in [0.1, 0.15) is 31.4 Å². The van der Waals surface area contributed by atoms with E-state index in [0.717, 1.165) is 41.5 Å². The van der Waals surface area contributed by atoms with Gasteiger partial charge in [0.1, 0.15) is 23.0 Å². The Balaban J connectivity index is 1.42. The standard InChI is InChI=1S/C26H30O7/c1-26(2)23(14-18-13-17-8-9-24(27)32-19(17)15-20(18)33-26)31-10-6-7-16-11-21(28-3)25(30-5)22(12-16)29-4/h8-9,11-13,15,23H,6-7,10,14H2,1-5H3/t23-/m0/s1. The summed E-state index contributed by atoms with van der Waals surface area (Å²) < 4.78 is 34.1. The van der Waals surface area contributed by atoms with Gasteiger partial charge < -0.3 is 28.1 Å². The van der Waals surface area contributed by atoms with E-state index in [9.17, 15) is 4.79 Å². The zero-order valence-electron chi connectivity index (χ0n) is 19.7. The van der Waals surface area contributed by atoms with Crippen molar-refractivity contribution in [2.24, 2.45) is 0 Å². The van der Waals surface area contributed by atoms with Crippen molar-refractivity contribution < 1.29 is 28.1 Å². The number of rotatable bonds is 8. The van der Waals surface area contributed by atoms with E-state index in [4.69, 9.17) is 28.1 Å². The second kappa shape index (κ2) is 9.35. The van der Waals surface area contributed by atoms with Crippen LogP contribution >= 0.6 is 0 Å². The first-order valence-electron chi connectivity index (χ1n) is 11.0. The quantitative estimate of drug-likeness (QED) is 0.365. The van der Waals surface area contributed by atoms with Crippen LogP contribution in [0.25, 0.3) is 11.0 Å². The van der Waals surface area contributed by atoms with E-state index in [1.165, 1.54) is 6.07 Å². The van der Waals surface area contributed by atoms with E-state index < -0.39 is 5.60 Å². The maximum Gasteiger partial charge on any atom is 0.336 e. The molecule has 4 rings (SSSR count). The van der Waals surface area contributed by atoms with Crippen LogP contribution < -0.4 is 24.6 Å². The Labute approximate surface area is 193 Å². The smallest absolute Gasteiger partial charge is 0.336 e. The third-order valence-corrected chi connectivity index (χ3v) is 6.01. The normalized spacial score (nSPS) is 16.7. The van der Waals surface area contributed by atoms with E-state index in [-0.39, 0.29) is 11.7 Å². The lowest BCUT2D eigenvalue weighted by atomic mass is 9.90. The lowest BCUT2D eigenvalue weighted by Crippen LogP contribution is -2.48. The second-order valence-electron chi connectivity index (χ2n) is 8.66. The van der Waals surface area contributed by atoms with E-state index in [1.54, 1.807) is 33.5 Å². The first-order valence-corrected chi connectivity index (χ1v) is 11.0. The average molecular weight is 455 g/mol. The Kier molecular flexibility index (Phi) is 6.51. The van der Waals surface area contributed by atoms with Gasteiger partial charge in [0, 0.05) is 30.5 Å². The third kappa shape index (κ3) is 4.78. The lowest BCUT2D eigenvalue weighted by Gasteiger charge is -2.39. The highest BCUT2D eigenvalue weighted by Crippen LogP contribution is 2.39. The molecule has 7 heteroatoms. The Hall–Kier alpha value is -3.19. The minimum atomic E-state index is -0.512. The zero-order chi connectivity index (χ0) is 23.6. The average Bonchev–Trinajstić information content (AvgIpc) is 2.79. The highest BCUT2D eigenvalue weighted by atomic mass is 16.6. The topological polar surface area (TPSA) is 76.4 Å². The SMILES string of the molecule is COc1cc(CCCO[C@H]2Cc3cc4ccc(=O)oc4cc3OC2(C)C)cc(OC)c1OC. The van der Waals surface area contributed by atoms with Gasteiger partial charge in [0.25, 0.3) is 0 Å². The van der Waals surface area contributed by atoms with Crippen molar-refractivity contribution in [2.75, 3.05) is 27.9 Å². The molecule has 0 fully saturated rings. The third-order valence-electron chi connectivity index (χ3n) is 6.01. The van der Waals surface area contributed by atoms with Crippen LogP contribution in [0.2, 0.25) is 0 Å². The zero-order valence-corrected chi connectivity index (χ0v) is 19.7. The van der Waals surface area contributed by atoms with Gasteiger partial charge in [-0.05, 0) is 62.1 Å². The van der Waals surface area contributed by atoms with Gasteiger partial charge in [-0.3, -0.25) is 0 Å². The molecule has 2 aromatic carbocycles. The van der Waals surface area contributed by atoms with Crippen LogP contribution in [0.3, 0.4) is 0 Å². The largest absolute Gasteiger partial charge is 0.493 e. The molecule has 7 nitrogen and oxygen atoms in total. The van der Waals surface area contributed by atoms with Crippen LogP contribution in [0.5, 0.6) is 23.0 Å². The summed E-state index contributed by atoms with van der Waals surface area (Å²) in [6.07, 6.45) is 2.27. The summed E-state index contributed by atoms with van der Waals surface area (Å²) in [5.74, 6) is 2.62. The molecule has 0 N–H and O–H groups in total. The first-order chi connectivity index (χ1) is 15.8. The Bertz CT molecular complexity index is 1170. The number of fused-ring (bicyclic) bond motifs is 2. The predicted molar refractivity (Wildman–Crippen MR) is 125 cm³/mol. The molecular weight excluding hydrogens is 424 g/mol. The van der Waals surface area contributed by atoms with Gasteiger partial charge in [0.15, 0.2) is 11.5 Å². The molecule has 0 bridgehead atoms. The summed E-state index contributed by atoms with van der Waals surface area (Å²) in [5, 5.41) is 0.873. The Morgan fingerprint density at radius 1 is 1.00 bits per heavy atom. The van der Waals surface area contributed by atoms with E-state index >= 15 is 0 Å². The maximum atomic E-state index is 11.5. The van der Waals surface area contributed by atoms with E-state index in [1.807, 2.05) is 32.0 Å². The monoisotopic (exact) mass is 454 g/mol. The number of benzene rings is 2. The summed E-state index contributed by atoms with van der Waals surface area (Å²) in [7, 11) is 4.83. The van der Waals surface area contributed by atoms with Crippen LogP contribution in [-0.4, -0.2) is 39.6 Å². The van der Waals surface area contributed by atoms with Crippen molar-refractivity contribution in [3.8, 4) is 23.0 Å². The maximum absolute atomic E-state index is 11.5. The Morgan fingerprint density at radius 2 is 1.73 bits per heavy atom. The molecule has 1 aliphatic rings. The van der Waals surface area contributed by atoms with Crippen LogP contribution in [0.4, 0.5) is 0 Å². The molecule has 0 amide bonds. The van der Waals surface area contributed by atoms with Crippen molar-refractivity contribution in [3.05, 3.63) is 57.9 Å². The molecule has 1 aliphatic heterocycles. The van der Waals surface area contributed by atoms with Gasteiger partial charge in [-0.2, -0.15) is 0 Å². The number of hydrogen-bond acceptors (Lipinski definition) is 7. The highest BCUT2D eigenvalue weighted by Gasteiger charge is 2.38. The van der Waals surface area contributed by atoms with Crippen molar-refractivity contribution in [2.45, 2.75) is 44.8 Å². The summed E-state index contributed by atoms with van der Waals surface area (Å²) >= 11 is 0. The number of hydrogen-bond donors (Lipinski definition) is 0. The summed E-state index contributed by atoms with van der Waals surface area (Å²) in [6, 6.07) is 10.9. The predicted octanol–water partition coefficient (Wildman–Crippen LogP) is 4.55. The molecule has 0 radical (unpaired) electrons.